The monoisotopic (exact) mass is 345 g/mol. The summed E-state index contributed by atoms with van der Waals surface area (Å²) in [7, 11) is 0. The molecule has 1 aliphatic heterocycles. The van der Waals surface area contributed by atoms with Crippen LogP contribution in [-0.2, 0) is 0 Å². The van der Waals surface area contributed by atoms with Crippen LogP contribution in [0.15, 0.2) is 33.5 Å². The zero-order valence-electron chi connectivity index (χ0n) is 13.5. The predicted molar refractivity (Wildman–Crippen MR) is 93.5 cm³/mol. The molecule has 1 aliphatic carbocycles. The van der Waals surface area contributed by atoms with E-state index < -0.39 is 0 Å². The van der Waals surface area contributed by atoms with Crippen LogP contribution in [0.1, 0.15) is 42.7 Å². The summed E-state index contributed by atoms with van der Waals surface area (Å²) >= 11 is 5.92. The first-order valence-corrected chi connectivity index (χ1v) is 9.02. The van der Waals surface area contributed by atoms with Crippen molar-refractivity contribution in [3.8, 4) is 0 Å². The standard InChI is InChI=1S/C19H20ClNO3/c20-14-5-6-17-15(9-14)16(22)10-18(24-17)19(23)21-8-7-12-3-1-2-4-13(12)11-21/h5-6,9-10,12-13H,1-4,7-8,11H2/t12-,13-/m1/s1. The van der Waals surface area contributed by atoms with E-state index in [9.17, 15) is 9.59 Å². The van der Waals surface area contributed by atoms with Gasteiger partial charge < -0.3 is 9.32 Å². The van der Waals surface area contributed by atoms with Gasteiger partial charge in [-0.25, -0.2) is 0 Å². The molecule has 1 saturated carbocycles. The molecule has 2 fully saturated rings. The van der Waals surface area contributed by atoms with E-state index >= 15 is 0 Å². The van der Waals surface area contributed by atoms with E-state index in [-0.39, 0.29) is 17.1 Å². The van der Waals surface area contributed by atoms with Crippen molar-refractivity contribution in [2.24, 2.45) is 11.8 Å². The average molecular weight is 346 g/mol. The number of hydrogen-bond acceptors (Lipinski definition) is 3. The number of hydrogen-bond donors (Lipinski definition) is 0. The fourth-order valence-electron chi connectivity index (χ4n) is 4.18. The minimum absolute atomic E-state index is 0.129. The Morgan fingerprint density at radius 1 is 1.12 bits per heavy atom. The van der Waals surface area contributed by atoms with E-state index in [1.54, 1.807) is 18.2 Å². The molecule has 1 amide bonds. The van der Waals surface area contributed by atoms with Crippen LogP contribution in [0.3, 0.4) is 0 Å². The Kier molecular flexibility index (Phi) is 4.09. The number of rotatable bonds is 1. The van der Waals surface area contributed by atoms with Crippen LogP contribution in [-0.4, -0.2) is 23.9 Å². The molecule has 2 heterocycles. The van der Waals surface area contributed by atoms with Gasteiger partial charge in [0.15, 0.2) is 11.2 Å². The fourth-order valence-corrected chi connectivity index (χ4v) is 4.35. The summed E-state index contributed by atoms with van der Waals surface area (Å²) in [5, 5.41) is 0.887. The minimum Gasteiger partial charge on any atom is -0.451 e. The van der Waals surface area contributed by atoms with Crippen molar-refractivity contribution < 1.29 is 9.21 Å². The first kappa shape index (κ1) is 15.7. The number of likely N-dealkylation sites (tertiary alicyclic amines) is 1. The average Bonchev–Trinajstić information content (AvgIpc) is 2.61. The molecule has 2 atom stereocenters. The second kappa shape index (κ2) is 6.25. The third kappa shape index (κ3) is 2.84. The fraction of sp³-hybridized carbons (Fsp3) is 0.474. The van der Waals surface area contributed by atoms with Crippen molar-refractivity contribution in [3.63, 3.8) is 0 Å². The molecule has 2 aromatic rings. The lowest BCUT2D eigenvalue weighted by Crippen LogP contribution is -2.44. The zero-order chi connectivity index (χ0) is 16.7. The molecule has 4 rings (SSSR count). The van der Waals surface area contributed by atoms with Gasteiger partial charge in [-0.2, -0.15) is 0 Å². The Morgan fingerprint density at radius 3 is 2.75 bits per heavy atom. The Labute approximate surface area is 145 Å². The largest absolute Gasteiger partial charge is 0.451 e. The number of fused-ring (bicyclic) bond motifs is 2. The molecule has 1 aromatic carbocycles. The maximum Gasteiger partial charge on any atom is 0.289 e. The van der Waals surface area contributed by atoms with E-state index in [1.807, 2.05) is 4.90 Å². The number of amides is 1. The second-order valence-electron chi connectivity index (χ2n) is 6.96. The molecule has 2 aliphatic rings. The third-order valence-electron chi connectivity index (χ3n) is 5.48. The molecule has 0 unspecified atom stereocenters. The van der Waals surface area contributed by atoms with Gasteiger partial charge in [-0.15, -0.1) is 0 Å². The van der Waals surface area contributed by atoms with Crippen LogP contribution in [0, 0.1) is 11.8 Å². The molecule has 0 radical (unpaired) electrons. The Bertz CT molecular complexity index is 844. The van der Waals surface area contributed by atoms with E-state index in [2.05, 4.69) is 0 Å². The maximum absolute atomic E-state index is 12.8. The van der Waals surface area contributed by atoms with E-state index in [0.717, 1.165) is 25.4 Å². The molecular formula is C19H20ClNO3. The molecular weight excluding hydrogens is 326 g/mol. The molecule has 0 bridgehead atoms. The number of benzene rings is 1. The van der Waals surface area contributed by atoms with Gasteiger partial charge in [0.25, 0.3) is 5.91 Å². The van der Waals surface area contributed by atoms with Gasteiger partial charge in [-0.3, -0.25) is 9.59 Å². The quantitative estimate of drug-likeness (QED) is 0.781. The van der Waals surface area contributed by atoms with Crippen molar-refractivity contribution in [1.82, 2.24) is 4.90 Å². The van der Waals surface area contributed by atoms with Crippen molar-refractivity contribution in [2.75, 3.05) is 13.1 Å². The smallest absolute Gasteiger partial charge is 0.289 e. The Hall–Kier alpha value is -1.81. The molecule has 1 aromatic heterocycles. The molecule has 5 heteroatoms. The highest BCUT2D eigenvalue weighted by Gasteiger charge is 2.34. The van der Waals surface area contributed by atoms with Gasteiger partial charge in [-0.05, 0) is 42.9 Å². The molecule has 126 valence electrons. The number of nitrogens with zero attached hydrogens (tertiary/aromatic N) is 1. The van der Waals surface area contributed by atoms with E-state index in [0.29, 0.717) is 21.9 Å². The van der Waals surface area contributed by atoms with Gasteiger partial charge in [0.05, 0.1) is 5.39 Å². The summed E-state index contributed by atoms with van der Waals surface area (Å²) in [4.78, 5) is 26.9. The highest BCUT2D eigenvalue weighted by atomic mass is 35.5. The van der Waals surface area contributed by atoms with Crippen LogP contribution in [0.5, 0.6) is 0 Å². The summed E-state index contributed by atoms with van der Waals surface area (Å²) in [6.45, 7) is 1.54. The van der Waals surface area contributed by atoms with Crippen LogP contribution < -0.4 is 5.43 Å². The Balaban J connectivity index is 1.61. The van der Waals surface area contributed by atoms with E-state index in [4.69, 9.17) is 16.0 Å². The number of piperidine rings is 1. The van der Waals surface area contributed by atoms with Gasteiger partial charge in [0, 0.05) is 24.2 Å². The summed E-state index contributed by atoms with van der Waals surface area (Å²) in [5.74, 6) is 1.31. The first-order valence-electron chi connectivity index (χ1n) is 8.64. The van der Waals surface area contributed by atoms with Gasteiger partial charge >= 0.3 is 0 Å². The Morgan fingerprint density at radius 2 is 1.92 bits per heavy atom. The maximum atomic E-state index is 12.8. The van der Waals surface area contributed by atoms with Crippen LogP contribution in [0.4, 0.5) is 0 Å². The number of carbonyl (C=O) groups is 1. The van der Waals surface area contributed by atoms with Gasteiger partial charge in [-0.1, -0.05) is 30.9 Å². The van der Waals surface area contributed by atoms with Crippen molar-refractivity contribution >= 4 is 28.5 Å². The molecule has 4 nitrogen and oxygen atoms in total. The van der Waals surface area contributed by atoms with Crippen LogP contribution in [0.2, 0.25) is 5.02 Å². The molecule has 24 heavy (non-hydrogen) atoms. The summed E-state index contributed by atoms with van der Waals surface area (Å²) in [6, 6.07) is 6.18. The van der Waals surface area contributed by atoms with Gasteiger partial charge in [0.2, 0.25) is 0 Å². The highest BCUT2D eigenvalue weighted by Crippen LogP contribution is 2.36. The summed E-state index contributed by atoms with van der Waals surface area (Å²) < 4.78 is 5.70. The van der Waals surface area contributed by atoms with Crippen molar-refractivity contribution in [3.05, 3.63) is 45.3 Å². The second-order valence-corrected chi connectivity index (χ2v) is 7.40. The first-order chi connectivity index (χ1) is 11.6. The number of halogens is 1. The zero-order valence-corrected chi connectivity index (χ0v) is 14.2. The normalized spacial score (nSPS) is 24.0. The topological polar surface area (TPSA) is 50.5 Å². The molecule has 1 saturated heterocycles. The van der Waals surface area contributed by atoms with Crippen LogP contribution in [0.25, 0.3) is 11.0 Å². The predicted octanol–water partition coefficient (Wildman–Crippen LogP) is 4.10. The van der Waals surface area contributed by atoms with E-state index in [1.165, 1.54) is 31.7 Å². The lowest BCUT2D eigenvalue weighted by Gasteiger charge is -2.41. The lowest BCUT2D eigenvalue weighted by atomic mass is 9.75. The molecule has 0 N–H and O–H groups in total. The van der Waals surface area contributed by atoms with Crippen LogP contribution >= 0.6 is 11.6 Å². The van der Waals surface area contributed by atoms with Crippen molar-refractivity contribution in [1.29, 1.82) is 0 Å². The number of carbonyl (C=O) groups excluding carboxylic acids is 1. The summed E-state index contributed by atoms with van der Waals surface area (Å²) in [6.07, 6.45) is 6.13. The lowest BCUT2D eigenvalue weighted by molar-refractivity contribution is 0.0493. The van der Waals surface area contributed by atoms with Crippen molar-refractivity contribution in [2.45, 2.75) is 32.1 Å². The summed E-state index contributed by atoms with van der Waals surface area (Å²) in [5.41, 5.74) is 0.178. The minimum atomic E-state index is -0.227. The SMILES string of the molecule is O=C(c1cc(=O)c2cc(Cl)ccc2o1)N1CC[C@H]2CCCC[C@@H]2C1. The van der Waals surface area contributed by atoms with Gasteiger partial charge in [0.1, 0.15) is 5.58 Å². The highest BCUT2D eigenvalue weighted by molar-refractivity contribution is 6.31. The molecule has 0 spiro atoms. The third-order valence-corrected chi connectivity index (χ3v) is 5.71.